The molecule has 19 heavy (non-hydrogen) atoms. The van der Waals surface area contributed by atoms with Gasteiger partial charge in [0.05, 0.1) is 17.3 Å². The molecule has 2 aromatic carbocycles. The van der Waals surface area contributed by atoms with Crippen LogP contribution in [0.2, 0.25) is 0 Å². The highest BCUT2D eigenvalue weighted by molar-refractivity contribution is 5.86. The Morgan fingerprint density at radius 2 is 1.95 bits per heavy atom. The van der Waals surface area contributed by atoms with Gasteiger partial charge in [-0.3, -0.25) is 0 Å². The molecule has 0 amide bonds. The fourth-order valence-corrected chi connectivity index (χ4v) is 1.77. The molecular formula is C14H10N4O. The monoisotopic (exact) mass is 250 g/mol. The fraction of sp³-hybridized carbons (Fsp3) is 0. The van der Waals surface area contributed by atoms with Gasteiger partial charge in [0.15, 0.2) is 5.58 Å². The number of aromatic nitrogens is 1. The molecule has 0 aliphatic carbocycles. The summed E-state index contributed by atoms with van der Waals surface area (Å²) in [6.07, 6.45) is 0. The Kier molecular flexibility index (Phi) is 2.54. The highest BCUT2D eigenvalue weighted by Gasteiger charge is 2.07. The Hall–Kier alpha value is -3.00. The van der Waals surface area contributed by atoms with E-state index < -0.39 is 0 Å². The maximum absolute atomic E-state index is 8.73. The van der Waals surface area contributed by atoms with Gasteiger partial charge in [0.1, 0.15) is 5.52 Å². The second-order valence-electron chi connectivity index (χ2n) is 4.03. The second kappa shape index (κ2) is 4.35. The average molecular weight is 250 g/mol. The van der Waals surface area contributed by atoms with Crippen LogP contribution in [0, 0.1) is 11.3 Å². The summed E-state index contributed by atoms with van der Waals surface area (Å²) in [5.41, 5.74) is 9.06. The Balaban J connectivity index is 1.92. The van der Waals surface area contributed by atoms with Crippen LogP contribution in [0.3, 0.4) is 0 Å². The minimum atomic E-state index is 0.373. The van der Waals surface area contributed by atoms with E-state index in [2.05, 4.69) is 16.4 Å². The lowest BCUT2D eigenvalue weighted by Gasteiger charge is -2.00. The van der Waals surface area contributed by atoms with Crippen LogP contribution in [-0.4, -0.2) is 4.98 Å². The predicted molar refractivity (Wildman–Crippen MR) is 72.9 cm³/mol. The molecule has 5 heteroatoms. The van der Waals surface area contributed by atoms with Crippen LogP contribution in [0.25, 0.3) is 11.1 Å². The van der Waals surface area contributed by atoms with E-state index in [1.807, 2.05) is 12.1 Å². The maximum Gasteiger partial charge on any atom is 0.300 e. The first-order valence-corrected chi connectivity index (χ1v) is 5.68. The number of rotatable bonds is 2. The highest BCUT2D eigenvalue weighted by Crippen LogP contribution is 2.25. The molecule has 1 aromatic heterocycles. The molecule has 0 spiro atoms. The van der Waals surface area contributed by atoms with Crippen LogP contribution in [0.5, 0.6) is 0 Å². The van der Waals surface area contributed by atoms with Gasteiger partial charge in [-0.25, -0.2) is 0 Å². The summed E-state index contributed by atoms with van der Waals surface area (Å²) in [4.78, 5) is 4.28. The van der Waals surface area contributed by atoms with Gasteiger partial charge in [-0.05, 0) is 36.4 Å². The molecule has 0 saturated carbocycles. The number of hydrogen-bond donors (Lipinski definition) is 2. The third-order valence-corrected chi connectivity index (χ3v) is 2.72. The Morgan fingerprint density at radius 1 is 1.16 bits per heavy atom. The molecule has 0 atom stereocenters. The second-order valence-corrected chi connectivity index (χ2v) is 4.03. The van der Waals surface area contributed by atoms with Gasteiger partial charge in [-0.2, -0.15) is 10.2 Å². The van der Waals surface area contributed by atoms with Crippen LogP contribution in [0.15, 0.2) is 46.9 Å². The minimum absolute atomic E-state index is 0.373. The Bertz CT molecular complexity index is 768. The number of benzene rings is 2. The van der Waals surface area contributed by atoms with E-state index in [1.54, 1.807) is 30.3 Å². The third kappa shape index (κ3) is 2.07. The first kappa shape index (κ1) is 11.1. The van der Waals surface area contributed by atoms with Crippen molar-refractivity contribution in [2.75, 3.05) is 11.1 Å². The number of nitrogen functional groups attached to an aromatic ring is 1. The zero-order valence-electron chi connectivity index (χ0n) is 9.92. The molecule has 0 saturated heterocycles. The molecule has 0 radical (unpaired) electrons. The summed E-state index contributed by atoms with van der Waals surface area (Å²) in [5, 5.41) is 11.8. The van der Waals surface area contributed by atoms with E-state index in [0.717, 1.165) is 5.69 Å². The molecule has 5 nitrogen and oxygen atoms in total. The maximum atomic E-state index is 8.73. The van der Waals surface area contributed by atoms with Crippen molar-refractivity contribution < 1.29 is 4.42 Å². The van der Waals surface area contributed by atoms with Gasteiger partial charge in [0.25, 0.3) is 6.01 Å². The standard InChI is InChI=1S/C14H10N4O/c15-8-9-4-6-10(7-5-9)17-14-18-13-11(16)2-1-3-12(13)19-14/h1-7H,16H2,(H,17,18). The van der Waals surface area contributed by atoms with E-state index in [4.69, 9.17) is 15.4 Å². The fourth-order valence-electron chi connectivity index (χ4n) is 1.77. The Morgan fingerprint density at radius 3 is 2.63 bits per heavy atom. The van der Waals surface area contributed by atoms with Gasteiger partial charge in [0.2, 0.25) is 0 Å². The summed E-state index contributed by atoms with van der Waals surface area (Å²) in [6, 6.07) is 14.9. The zero-order chi connectivity index (χ0) is 13.2. The first-order valence-electron chi connectivity index (χ1n) is 5.68. The first-order chi connectivity index (χ1) is 9.26. The molecule has 1 heterocycles. The molecule has 0 bridgehead atoms. The van der Waals surface area contributed by atoms with E-state index in [9.17, 15) is 0 Å². The third-order valence-electron chi connectivity index (χ3n) is 2.72. The number of nitrogens with two attached hydrogens (primary N) is 1. The van der Waals surface area contributed by atoms with E-state index in [-0.39, 0.29) is 0 Å². The van der Waals surface area contributed by atoms with Crippen molar-refractivity contribution in [3.63, 3.8) is 0 Å². The molecule has 3 rings (SSSR count). The lowest BCUT2D eigenvalue weighted by Crippen LogP contribution is -1.90. The smallest absolute Gasteiger partial charge is 0.300 e. The number of hydrogen-bond acceptors (Lipinski definition) is 5. The number of oxazole rings is 1. The van der Waals surface area contributed by atoms with Crippen molar-refractivity contribution in [3.05, 3.63) is 48.0 Å². The van der Waals surface area contributed by atoms with Crippen molar-refractivity contribution in [2.24, 2.45) is 0 Å². The van der Waals surface area contributed by atoms with Crippen molar-refractivity contribution in [3.8, 4) is 6.07 Å². The highest BCUT2D eigenvalue weighted by atomic mass is 16.4. The summed E-state index contributed by atoms with van der Waals surface area (Å²) < 4.78 is 5.54. The zero-order valence-corrected chi connectivity index (χ0v) is 9.92. The van der Waals surface area contributed by atoms with Gasteiger partial charge in [-0.1, -0.05) is 6.07 Å². The average Bonchev–Trinajstić information content (AvgIpc) is 2.84. The number of nitrogens with zero attached hydrogens (tertiary/aromatic N) is 2. The lowest BCUT2D eigenvalue weighted by molar-refractivity contribution is 0.623. The van der Waals surface area contributed by atoms with Gasteiger partial charge >= 0.3 is 0 Å². The summed E-state index contributed by atoms with van der Waals surface area (Å²) in [5.74, 6) is 0. The molecular weight excluding hydrogens is 240 g/mol. The normalized spacial score (nSPS) is 10.3. The van der Waals surface area contributed by atoms with E-state index in [0.29, 0.717) is 28.4 Å². The molecule has 0 aliphatic rings. The van der Waals surface area contributed by atoms with Gasteiger partial charge in [-0.15, -0.1) is 0 Å². The van der Waals surface area contributed by atoms with Crippen LogP contribution >= 0.6 is 0 Å². The van der Waals surface area contributed by atoms with Crippen LogP contribution in [-0.2, 0) is 0 Å². The topological polar surface area (TPSA) is 87.9 Å². The number of anilines is 3. The van der Waals surface area contributed by atoms with Crippen LogP contribution in [0.4, 0.5) is 17.4 Å². The van der Waals surface area contributed by atoms with Crippen LogP contribution < -0.4 is 11.1 Å². The molecule has 0 unspecified atom stereocenters. The van der Waals surface area contributed by atoms with E-state index >= 15 is 0 Å². The largest absolute Gasteiger partial charge is 0.423 e. The molecule has 3 N–H and O–H groups in total. The Labute approximate surface area is 109 Å². The van der Waals surface area contributed by atoms with Crippen molar-refractivity contribution >= 4 is 28.5 Å². The molecule has 0 aliphatic heterocycles. The number of fused-ring (bicyclic) bond motifs is 1. The lowest BCUT2D eigenvalue weighted by atomic mass is 10.2. The molecule has 3 aromatic rings. The van der Waals surface area contributed by atoms with Crippen molar-refractivity contribution in [2.45, 2.75) is 0 Å². The number of nitrogens with one attached hydrogen (secondary N) is 1. The molecule has 0 fully saturated rings. The van der Waals surface area contributed by atoms with Crippen molar-refractivity contribution in [1.29, 1.82) is 5.26 Å². The summed E-state index contributed by atoms with van der Waals surface area (Å²) >= 11 is 0. The van der Waals surface area contributed by atoms with Gasteiger partial charge < -0.3 is 15.5 Å². The quantitative estimate of drug-likeness (QED) is 0.682. The number of nitriles is 1. The predicted octanol–water partition coefficient (Wildman–Crippen LogP) is 3.03. The summed E-state index contributed by atoms with van der Waals surface area (Å²) in [7, 11) is 0. The molecule has 92 valence electrons. The minimum Gasteiger partial charge on any atom is -0.423 e. The number of para-hydroxylation sites is 1. The summed E-state index contributed by atoms with van der Waals surface area (Å²) in [6.45, 7) is 0. The van der Waals surface area contributed by atoms with Crippen molar-refractivity contribution in [1.82, 2.24) is 4.98 Å². The van der Waals surface area contributed by atoms with Gasteiger partial charge in [0, 0.05) is 5.69 Å². The van der Waals surface area contributed by atoms with E-state index in [1.165, 1.54) is 0 Å². The SMILES string of the molecule is N#Cc1ccc(Nc2nc3c(N)cccc3o2)cc1. The van der Waals surface area contributed by atoms with Crippen LogP contribution in [0.1, 0.15) is 5.56 Å².